The van der Waals surface area contributed by atoms with E-state index in [-0.39, 0.29) is 16.7 Å². The number of hydrogen-bond donors (Lipinski definition) is 0. The zero-order chi connectivity index (χ0) is 15.6. The summed E-state index contributed by atoms with van der Waals surface area (Å²) in [4.78, 5) is 0. The van der Waals surface area contributed by atoms with E-state index in [2.05, 4.69) is 4.74 Å². The van der Waals surface area contributed by atoms with Gasteiger partial charge < -0.3 is 4.74 Å². The molecule has 0 radical (unpaired) electrons. The van der Waals surface area contributed by atoms with Crippen LogP contribution < -0.4 is 4.74 Å². The highest BCUT2D eigenvalue weighted by atomic mass is 19.4. The van der Waals surface area contributed by atoms with Crippen molar-refractivity contribution in [2.45, 2.75) is 6.36 Å². The molecule has 2 aromatic carbocycles. The molecule has 2 aromatic rings. The summed E-state index contributed by atoms with van der Waals surface area (Å²) in [5.41, 5.74) is 0.0896. The predicted molar refractivity (Wildman–Crippen MR) is 63.2 cm³/mol. The Hall–Kier alpha value is -2.62. The van der Waals surface area contributed by atoms with Gasteiger partial charge in [0.2, 0.25) is 0 Å². The van der Waals surface area contributed by atoms with Gasteiger partial charge >= 0.3 is 6.36 Å². The van der Waals surface area contributed by atoms with Crippen molar-refractivity contribution in [3.63, 3.8) is 0 Å². The van der Waals surface area contributed by atoms with Crippen LogP contribution in [0.5, 0.6) is 5.75 Å². The van der Waals surface area contributed by atoms with E-state index < -0.39 is 23.7 Å². The summed E-state index contributed by atoms with van der Waals surface area (Å²) >= 11 is 0. The molecule has 2 rings (SSSR count). The Morgan fingerprint density at radius 1 is 0.952 bits per heavy atom. The van der Waals surface area contributed by atoms with Crippen LogP contribution in [0.4, 0.5) is 22.0 Å². The van der Waals surface area contributed by atoms with Crippen LogP contribution >= 0.6 is 0 Å². The van der Waals surface area contributed by atoms with Crippen LogP contribution in [-0.4, -0.2) is 6.36 Å². The molecule has 0 amide bonds. The summed E-state index contributed by atoms with van der Waals surface area (Å²) in [6, 6.07) is 7.56. The van der Waals surface area contributed by atoms with E-state index in [4.69, 9.17) is 5.26 Å². The maximum Gasteiger partial charge on any atom is 0.573 e. The van der Waals surface area contributed by atoms with E-state index in [0.29, 0.717) is 0 Å². The Kier molecular flexibility index (Phi) is 3.80. The molecule has 0 aliphatic carbocycles. The van der Waals surface area contributed by atoms with Gasteiger partial charge in [-0.2, -0.15) is 5.26 Å². The lowest BCUT2D eigenvalue weighted by molar-refractivity contribution is -0.274. The van der Waals surface area contributed by atoms with E-state index in [9.17, 15) is 22.0 Å². The molecule has 108 valence electrons. The third-order valence-corrected chi connectivity index (χ3v) is 2.58. The van der Waals surface area contributed by atoms with Gasteiger partial charge in [-0.15, -0.1) is 13.2 Å². The monoisotopic (exact) mass is 299 g/mol. The summed E-state index contributed by atoms with van der Waals surface area (Å²) in [5.74, 6) is -2.82. The summed E-state index contributed by atoms with van der Waals surface area (Å²) in [5, 5.41) is 8.95. The maximum absolute atomic E-state index is 13.2. The molecule has 0 aromatic heterocycles. The van der Waals surface area contributed by atoms with Gasteiger partial charge in [0.25, 0.3) is 0 Å². The molecule has 0 atom stereocenters. The number of benzene rings is 2. The average Bonchev–Trinajstić information content (AvgIpc) is 2.40. The lowest BCUT2D eigenvalue weighted by Gasteiger charge is -2.11. The molecule has 0 bridgehead atoms. The van der Waals surface area contributed by atoms with Gasteiger partial charge in [0.15, 0.2) is 11.6 Å². The molecule has 0 heterocycles. The maximum atomic E-state index is 13.2. The molecular weight excluding hydrogens is 293 g/mol. The van der Waals surface area contributed by atoms with Gasteiger partial charge in [0.1, 0.15) is 5.75 Å². The molecule has 0 fully saturated rings. The molecule has 0 spiro atoms. The van der Waals surface area contributed by atoms with E-state index in [1.54, 1.807) is 6.07 Å². The predicted octanol–water partition coefficient (Wildman–Crippen LogP) is 4.40. The molecule has 0 aliphatic heterocycles. The summed E-state index contributed by atoms with van der Waals surface area (Å²) in [7, 11) is 0. The third kappa shape index (κ3) is 3.48. The second-order valence-corrected chi connectivity index (χ2v) is 4.00. The fourth-order valence-corrected chi connectivity index (χ4v) is 1.72. The third-order valence-electron chi connectivity index (χ3n) is 2.58. The minimum Gasteiger partial charge on any atom is -0.406 e. The fourth-order valence-electron chi connectivity index (χ4n) is 1.72. The number of rotatable bonds is 2. The van der Waals surface area contributed by atoms with Crippen molar-refractivity contribution >= 4 is 0 Å². The lowest BCUT2D eigenvalue weighted by atomic mass is 10.00. The van der Waals surface area contributed by atoms with E-state index in [1.165, 1.54) is 0 Å². The van der Waals surface area contributed by atoms with E-state index in [0.717, 1.165) is 36.4 Å². The summed E-state index contributed by atoms with van der Waals surface area (Å²) < 4.78 is 66.4. The largest absolute Gasteiger partial charge is 0.573 e. The Morgan fingerprint density at radius 2 is 1.67 bits per heavy atom. The fraction of sp³-hybridized carbons (Fsp3) is 0.0714. The van der Waals surface area contributed by atoms with Crippen molar-refractivity contribution in [3.05, 3.63) is 53.6 Å². The number of halogens is 5. The summed E-state index contributed by atoms with van der Waals surface area (Å²) in [6.07, 6.45) is -4.89. The quantitative estimate of drug-likeness (QED) is 0.770. The van der Waals surface area contributed by atoms with Crippen molar-refractivity contribution in [2.75, 3.05) is 0 Å². The second kappa shape index (κ2) is 5.40. The van der Waals surface area contributed by atoms with Gasteiger partial charge in [-0.1, -0.05) is 6.07 Å². The number of ether oxygens (including phenoxy) is 1. The molecule has 0 saturated carbocycles. The lowest BCUT2D eigenvalue weighted by Crippen LogP contribution is -2.17. The minimum atomic E-state index is -4.89. The Morgan fingerprint density at radius 3 is 2.24 bits per heavy atom. The van der Waals surface area contributed by atoms with Crippen molar-refractivity contribution in [2.24, 2.45) is 0 Å². The number of nitriles is 1. The first-order chi connectivity index (χ1) is 9.80. The van der Waals surface area contributed by atoms with Crippen LogP contribution in [0.2, 0.25) is 0 Å². The van der Waals surface area contributed by atoms with Crippen LogP contribution in [0.3, 0.4) is 0 Å². The van der Waals surface area contributed by atoms with Crippen LogP contribution in [0.25, 0.3) is 11.1 Å². The standard InChI is InChI=1S/C14H6F5NO/c15-12-4-2-8(5-13(12)16)11-6-10(21-14(17,18)19)3-1-9(11)7-20/h1-6H. The van der Waals surface area contributed by atoms with Crippen molar-refractivity contribution < 1.29 is 26.7 Å². The van der Waals surface area contributed by atoms with Gasteiger partial charge in [0.05, 0.1) is 11.6 Å². The highest BCUT2D eigenvalue weighted by Crippen LogP contribution is 2.31. The molecule has 0 aliphatic rings. The SMILES string of the molecule is N#Cc1ccc(OC(F)(F)F)cc1-c1ccc(F)c(F)c1. The van der Waals surface area contributed by atoms with Gasteiger partial charge in [-0.3, -0.25) is 0 Å². The van der Waals surface area contributed by atoms with Crippen molar-refractivity contribution in [3.8, 4) is 22.9 Å². The topological polar surface area (TPSA) is 33.0 Å². The normalized spacial score (nSPS) is 11.0. The number of nitrogens with zero attached hydrogens (tertiary/aromatic N) is 1. The van der Waals surface area contributed by atoms with Gasteiger partial charge in [0, 0.05) is 5.56 Å². The molecule has 2 nitrogen and oxygen atoms in total. The zero-order valence-corrected chi connectivity index (χ0v) is 10.2. The molecular formula is C14H6F5NO. The smallest absolute Gasteiger partial charge is 0.406 e. The minimum absolute atomic E-state index is 0.00975. The molecule has 0 unspecified atom stereocenters. The first-order valence-electron chi connectivity index (χ1n) is 5.55. The van der Waals surface area contributed by atoms with Crippen LogP contribution in [0.15, 0.2) is 36.4 Å². The van der Waals surface area contributed by atoms with Gasteiger partial charge in [-0.25, -0.2) is 8.78 Å². The van der Waals surface area contributed by atoms with Crippen molar-refractivity contribution in [1.29, 1.82) is 5.26 Å². The van der Waals surface area contributed by atoms with Crippen LogP contribution in [0.1, 0.15) is 5.56 Å². The first-order valence-corrected chi connectivity index (χ1v) is 5.55. The number of hydrogen-bond acceptors (Lipinski definition) is 2. The Labute approximate surface area is 116 Å². The average molecular weight is 299 g/mol. The molecule has 21 heavy (non-hydrogen) atoms. The van der Waals surface area contributed by atoms with Crippen LogP contribution in [-0.2, 0) is 0 Å². The Bertz CT molecular complexity index is 718. The molecule has 0 N–H and O–H groups in total. The highest BCUT2D eigenvalue weighted by molar-refractivity contribution is 5.72. The van der Waals surface area contributed by atoms with Crippen LogP contribution in [0, 0.1) is 23.0 Å². The highest BCUT2D eigenvalue weighted by Gasteiger charge is 2.31. The van der Waals surface area contributed by atoms with E-state index in [1.807, 2.05) is 0 Å². The number of alkyl halides is 3. The first kappa shape index (κ1) is 14.8. The zero-order valence-electron chi connectivity index (χ0n) is 10.2. The van der Waals surface area contributed by atoms with E-state index >= 15 is 0 Å². The van der Waals surface area contributed by atoms with Crippen molar-refractivity contribution in [1.82, 2.24) is 0 Å². The van der Waals surface area contributed by atoms with Gasteiger partial charge in [-0.05, 0) is 35.9 Å². The molecule has 0 saturated heterocycles. The summed E-state index contributed by atoms with van der Waals surface area (Å²) in [6.45, 7) is 0. The second-order valence-electron chi connectivity index (χ2n) is 4.00. The molecule has 7 heteroatoms. The Balaban J connectivity index is 2.52.